The molecule has 3 amide bonds. The zero-order valence-electron chi connectivity index (χ0n) is 12.5. The second-order valence-electron chi connectivity index (χ2n) is 4.51. The fourth-order valence-electron chi connectivity index (χ4n) is 1.67. The van der Waals surface area contributed by atoms with Gasteiger partial charge in [-0.15, -0.1) is 12.4 Å². The Labute approximate surface area is 131 Å². The fourth-order valence-corrected chi connectivity index (χ4v) is 1.67. The topological polar surface area (TPSA) is 82.3 Å². The molecule has 0 aliphatic rings. The Bertz CT molecular complexity index is 468. The van der Waals surface area contributed by atoms with E-state index in [0.29, 0.717) is 24.5 Å². The number of nitrogens with one attached hydrogen (secondary N) is 4. The van der Waals surface area contributed by atoms with Crippen LogP contribution in [0, 0.1) is 5.92 Å². The van der Waals surface area contributed by atoms with Gasteiger partial charge in [-0.1, -0.05) is 13.0 Å². The lowest BCUT2D eigenvalue weighted by atomic mass is 10.1. The molecule has 0 aliphatic carbocycles. The third kappa shape index (κ3) is 6.97. The molecule has 0 fully saturated rings. The highest BCUT2D eigenvalue weighted by molar-refractivity contribution is 5.94. The summed E-state index contributed by atoms with van der Waals surface area (Å²) in [5, 5.41) is 11.1. The number of carbonyl (C=O) groups is 2. The predicted octanol–water partition coefficient (Wildman–Crippen LogP) is 2.04. The number of hydrogen-bond donors (Lipinski definition) is 4. The maximum Gasteiger partial charge on any atom is 0.319 e. The molecule has 4 N–H and O–H groups in total. The summed E-state index contributed by atoms with van der Waals surface area (Å²) in [6.07, 6.45) is 0. The third-order valence-corrected chi connectivity index (χ3v) is 2.68. The van der Waals surface area contributed by atoms with Gasteiger partial charge in [-0.3, -0.25) is 4.79 Å². The van der Waals surface area contributed by atoms with Crippen LogP contribution in [-0.4, -0.2) is 32.1 Å². The smallest absolute Gasteiger partial charge is 0.319 e. The molecule has 1 atom stereocenters. The van der Waals surface area contributed by atoms with E-state index in [1.807, 2.05) is 13.8 Å². The van der Waals surface area contributed by atoms with Crippen LogP contribution in [0.2, 0.25) is 0 Å². The maximum absolute atomic E-state index is 11.9. The first kappa shape index (κ1) is 19.2. The summed E-state index contributed by atoms with van der Waals surface area (Å²) in [5.41, 5.74) is 1.29. The number of anilines is 2. The minimum absolute atomic E-state index is 0. The van der Waals surface area contributed by atoms with E-state index < -0.39 is 0 Å². The minimum Gasteiger partial charge on any atom is -0.338 e. The summed E-state index contributed by atoms with van der Waals surface area (Å²) in [5.74, 6) is -0.186. The number of rotatable bonds is 6. The molecule has 7 heteroatoms. The Morgan fingerprint density at radius 3 is 2.38 bits per heavy atom. The Morgan fingerprint density at radius 2 is 1.81 bits per heavy atom. The zero-order chi connectivity index (χ0) is 15.0. The van der Waals surface area contributed by atoms with Crippen molar-refractivity contribution in [2.75, 3.05) is 30.8 Å². The van der Waals surface area contributed by atoms with Gasteiger partial charge < -0.3 is 21.3 Å². The number of amides is 3. The van der Waals surface area contributed by atoms with Crippen molar-refractivity contribution >= 4 is 35.7 Å². The van der Waals surface area contributed by atoms with E-state index in [9.17, 15) is 9.59 Å². The van der Waals surface area contributed by atoms with E-state index in [1.54, 1.807) is 31.3 Å². The first-order chi connectivity index (χ1) is 9.56. The molecule has 1 unspecified atom stereocenters. The monoisotopic (exact) mass is 314 g/mol. The molecule has 0 bridgehead atoms. The van der Waals surface area contributed by atoms with Crippen LogP contribution in [0.4, 0.5) is 16.2 Å². The van der Waals surface area contributed by atoms with E-state index in [4.69, 9.17) is 0 Å². The Kier molecular flexibility index (Phi) is 9.16. The number of urea groups is 1. The van der Waals surface area contributed by atoms with Gasteiger partial charge in [-0.05, 0) is 32.2 Å². The van der Waals surface area contributed by atoms with E-state index in [0.717, 1.165) is 0 Å². The van der Waals surface area contributed by atoms with Gasteiger partial charge in [0.05, 0.1) is 0 Å². The molecule has 21 heavy (non-hydrogen) atoms. The van der Waals surface area contributed by atoms with Gasteiger partial charge in [0.25, 0.3) is 0 Å². The van der Waals surface area contributed by atoms with E-state index in [-0.39, 0.29) is 30.3 Å². The van der Waals surface area contributed by atoms with Gasteiger partial charge in [-0.25, -0.2) is 4.79 Å². The van der Waals surface area contributed by atoms with Crippen molar-refractivity contribution in [2.45, 2.75) is 13.8 Å². The standard InChI is InChI=1S/C14H22N4O2.ClH/c1-4-16-14(20)18-12-7-5-6-11(8-12)17-13(19)10(2)9-15-3;/h5-8,10,15H,4,9H2,1-3H3,(H,17,19)(H2,16,18,20);1H. The molecule has 0 aromatic heterocycles. The van der Waals surface area contributed by atoms with Crippen LogP contribution in [0.1, 0.15) is 13.8 Å². The number of benzene rings is 1. The molecular formula is C14H23ClN4O2. The highest BCUT2D eigenvalue weighted by Crippen LogP contribution is 2.15. The van der Waals surface area contributed by atoms with Crippen molar-refractivity contribution in [2.24, 2.45) is 5.92 Å². The van der Waals surface area contributed by atoms with Crippen LogP contribution >= 0.6 is 12.4 Å². The summed E-state index contributed by atoms with van der Waals surface area (Å²) in [4.78, 5) is 23.3. The van der Waals surface area contributed by atoms with Crippen LogP contribution in [0.25, 0.3) is 0 Å². The van der Waals surface area contributed by atoms with Gasteiger partial charge >= 0.3 is 6.03 Å². The second kappa shape index (κ2) is 10.0. The Hall–Kier alpha value is -1.79. The molecule has 0 saturated carbocycles. The fraction of sp³-hybridized carbons (Fsp3) is 0.429. The minimum atomic E-state index is -0.264. The molecule has 6 nitrogen and oxygen atoms in total. The molecule has 1 aromatic rings. The van der Waals surface area contributed by atoms with Crippen LogP contribution in [0.3, 0.4) is 0 Å². The van der Waals surface area contributed by atoms with Crippen LogP contribution in [0.15, 0.2) is 24.3 Å². The Morgan fingerprint density at radius 1 is 1.19 bits per heavy atom. The average Bonchev–Trinajstić information content (AvgIpc) is 2.39. The van der Waals surface area contributed by atoms with Crippen molar-refractivity contribution in [3.8, 4) is 0 Å². The van der Waals surface area contributed by atoms with Crippen LogP contribution < -0.4 is 21.3 Å². The third-order valence-electron chi connectivity index (χ3n) is 2.68. The highest BCUT2D eigenvalue weighted by Gasteiger charge is 2.12. The molecule has 0 spiro atoms. The van der Waals surface area contributed by atoms with Gasteiger partial charge in [0.1, 0.15) is 0 Å². The first-order valence-electron chi connectivity index (χ1n) is 6.67. The van der Waals surface area contributed by atoms with Crippen molar-refractivity contribution < 1.29 is 9.59 Å². The lowest BCUT2D eigenvalue weighted by Crippen LogP contribution is -2.29. The summed E-state index contributed by atoms with van der Waals surface area (Å²) in [6, 6.07) is 6.79. The van der Waals surface area contributed by atoms with E-state index in [2.05, 4.69) is 21.3 Å². The molecule has 0 radical (unpaired) electrons. The molecular weight excluding hydrogens is 292 g/mol. The first-order valence-corrected chi connectivity index (χ1v) is 6.67. The predicted molar refractivity (Wildman–Crippen MR) is 88.1 cm³/mol. The lowest BCUT2D eigenvalue weighted by Gasteiger charge is -2.12. The van der Waals surface area contributed by atoms with Crippen LogP contribution in [0.5, 0.6) is 0 Å². The van der Waals surface area contributed by atoms with Gasteiger partial charge in [0.15, 0.2) is 0 Å². The van der Waals surface area contributed by atoms with Crippen molar-refractivity contribution in [1.82, 2.24) is 10.6 Å². The Balaban J connectivity index is 0.00000400. The van der Waals surface area contributed by atoms with E-state index >= 15 is 0 Å². The molecule has 1 rings (SSSR count). The SMILES string of the molecule is CCNC(=O)Nc1cccc(NC(=O)C(C)CNC)c1.Cl. The van der Waals surface area contributed by atoms with Gasteiger partial charge in [-0.2, -0.15) is 0 Å². The number of halogens is 1. The quantitative estimate of drug-likeness (QED) is 0.648. The van der Waals surface area contributed by atoms with Crippen LogP contribution in [-0.2, 0) is 4.79 Å². The maximum atomic E-state index is 11.9. The summed E-state index contributed by atoms with van der Waals surface area (Å²) in [6.45, 7) is 4.87. The largest absolute Gasteiger partial charge is 0.338 e. The summed E-state index contributed by atoms with van der Waals surface area (Å²) < 4.78 is 0. The van der Waals surface area contributed by atoms with Gasteiger partial charge in [0, 0.05) is 30.4 Å². The molecule has 0 saturated heterocycles. The van der Waals surface area contributed by atoms with Crippen molar-refractivity contribution in [3.05, 3.63) is 24.3 Å². The lowest BCUT2D eigenvalue weighted by molar-refractivity contribution is -0.119. The van der Waals surface area contributed by atoms with Crippen molar-refractivity contribution in [1.29, 1.82) is 0 Å². The molecule has 1 aromatic carbocycles. The normalized spacial score (nSPS) is 11.0. The summed E-state index contributed by atoms with van der Waals surface area (Å²) in [7, 11) is 1.81. The number of hydrogen-bond acceptors (Lipinski definition) is 3. The molecule has 118 valence electrons. The van der Waals surface area contributed by atoms with Crippen molar-refractivity contribution in [3.63, 3.8) is 0 Å². The zero-order valence-corrected chi connectivity index (χ0v) is 13.3. The second-order valence-corrected chi connectivity index (χ2v) is 4.51. The highest BCUT2D eigenvalue weighted by atomic mass is 35.5. The van der Waals surface area contributed by atoms with Gasteiger partial charge in [0.2, 0.25) is 5.91 Å². The molecule has 0 heterocycles. The summed E-state index contributed by atoms with van der Waals surface area (Å²) >= 11 is 0. The molecule has 0 aliphatic heterocycles. The number of carbonyl (C=O) groups excluding carboxylic acids is 2. The average molecular weight is 315 g/mol. The van der Waals surface area contributed by atoms with E-state index in [1.165, 1.54) is 0 Å².